The van der Waals surface area contributed by atoms with Crippen LogP contribution in [0.2, 0.25) is 10.0 Å². The summed E-state index contributed by atoms with van der Waals surface area (Å²) in [7, 11) is 0. The van der Waals surface area contributed by atoms with Gasteiger partial charge in [-0.2, -0.15) is 0 Å². The standard InChI is InChI=1S/C22H28Cl2O2/c23-21-8-4-17(5-9-21)15-19(3-1-2-13-25)20(12-14-26)16-18-6-10-22(24)11-7-18/h4-11,19-20,25-26H,1-3,12-16H2/t19-,20-/m0/s1. The van der Waals surface area contributed by atoms with Gasteiger partial charge in [0.15, 0.2) is 0 Å². The zero-order valence-corrected chi connectivity index (χ0v) is 16.6. The second kappa shape index (κ2) is 11.6. The third-order valence-corrected chi connectivity index (χ3v) is 5.48. The van der Waals surface area contributed by atoms with Crippen LogP contribution in [0.1, 0.15) is 36.8 Å². The van der Waals surface area contributed by atoms with E-state index in [-0.39, 0.29) is 13.2 Å². The number of rotatable bonds is 11. The summed E-state index contributed by atoms with van der Waals surface area (Å²) in [6.07, 6.45) is 5.53. The Bertz CT molecular complexity index is 626. The topological polar surface area (TPSA) is 40.5 Å². The van der Waals surface area contributed by atoms with Crippen molar-refractivity contribution in [2.24, 2.45) is 11.8 Å². The number of aliphatic hydroxyl groups excluding tert-OH is 2. The maximum absolute atomic E-state index is 9.60. The first-order valence-electron chi connectivity index (χ1n) is 9.33. The Hall–Kier alpha value is -1.06. The Labute approximate surface area is 166 Å². The van der Waals surface area contributed by atoms with E-state index < -0.39 is 0 Å². The van der Waals surface area contributed by atoms with Crippen LogP contribution in [-0.4, -0.2) is 23.4 Å². The van der Waals surface area contributed by atoms with Gasteiger partial charge in [0.2, 0.25) is 0 Å². The van der Waals surface area contributed by atoms with Gasteiger partial charge >= 0.3 is 0 Å². The van der Waals surface area contributed by atoms with Crippen LogP contribution in [0.5, 0.6) is 0 Å². The van der Waals surface area contributed by atoms with E-state index in [4.69, 9.17) is 28.3 Å². The molecule has 0 saturated carbocycles. The number of aliphatic hydroxyl groups is 2. The number of unbranched alkanes of at least 4 members (excludes halogenated alkanes) is 1. The van der Waals surface area contributed by atoms with Crippen LogP contribution >= 0.6 is 23.2 Å². The van der Waals surface area contributed by atoms with Gasteiger partial charge in [-0.05, 0) is 79.3 Å². The zero-order chi connectivity index (χ0) is 18.8. The van der Waals surface area contributed by atoms with Gasteiger partial charge in [0.05, 0.1) is 0 Å². The number of hydrogen-bond donors (Lipinski definition) is 2. The summed E-state index contributed by atoms with van der Waals surface area (Å²) in [6.45, 7) is 0.422. The number of benzene rings is 2. The summed E-state index contributed by atoms with van der Waals surface area (Å²) in [6, 6.07) is 16.0. The van der Waals surface area contributed by atoms with Crippen LogP contribution < -0.4 is 0 Å². The van der Waals surface area contributed by atoms with E-state index in [9.17, 15) is 5.11 Å². The van der Waals surface area contributed by atoms with Crippen molar-refractivity contribution < 1.29 is 10.2 Å². The molecule has 0 radical (unpaired) electrons. The molecule has 0 aliphatic heterocycles. The third kappa shape index (κ3) is 7.28. The fraction of sp³-hybridized carbons (Fsp3) is 0.455. The van der Waals surface area contributed by atoms with E-state index in [1.165, 1.54) is 11.1 Å². The minimum atomic E-state index is 0.190. The van der Waals surface area contributed by atoms with Crippen LogP contribution in [0.25, 0.3) is 0 Å². The lowest BCUT2D eigenvalue weighted by atomic mass is 9.78. The van der Waals surface area contributed by atoms with Crippen LogP contribution in [0.15, 0.2) is 48.5 Å². The van der Waals surface area contributed by atoms with Gasteiger partial charge in [0.1, 0.15) is 0 Å². The second-order valence-electron chi connectivity index (χ2n) is 6.91. The van der Waals surface area contributed by atoms with E-state index in [1.807, 2.05) is 24.3 Å². The normalized spacial score (nSPS) is 13.5. The Morgan fingerprint density at radius 3 is 1.50 bits per heavy atom. The van der Waals surface area contributed by atoms with Crippen molar-refractivity contribution in [3.63, 3.8) is 0 Å². The van der Waals surface area contributed by atoms with Crippen molar-refractivity contribution in [1.29, 1.82) is 0 Å². The van der Waals surface area contributed by atoms with Gasteiger partial charge in [-0.1, -0.05) is 53.9 Å². The third-order valence-electron chi connectivity index (χ3n) is 4.97. The first-order valence-corrected chi connectivity index (χ1v) is 10.1. The van der Waals surface area contributed by atoms with Gasteiger partial charge < -0.3 is 10.2 Å². The summed E-state index contributed by atoms with van der Waals surface area (Å²) in [4.78, 5) is 0. The molecule has 2 N–H and O–H groups in total. The van der Waals surface area contributed by atoms with Crippen LogP contribution in [0, 0.1) is 11.8 Å². The molecule has 4 heteroatoms. The van der Waals surface area contributed by atoms with Crippen molar-refractivity contribution in [3.8, 4) is 0 Å². The lowest BCUT2D eigenvalue weighted by Crippen LogP contribution is -2.21. The van der Waals surface area contributed by atoms with Gasteiger partial charge in [-0.15, -0.1) is 0 Å². The fourth-order valence-electron chi connectivity index (χ4n) is 3.54. The predicted octanol–water partition coefficient (Wildman–Crippen LogP) is 5.56. The first kappa shape index (κ1) is 21.2. The largest absolute Gasteiger partial charge is 0.396 e. The first-order chi connectivity index (χ1) is 12.6. The Balaban J connectivity index is 2.13. The summed E-state index contributed by atoms with van der Waals surface area (Å²) in [5, 5.41) is 20.2. The quantitative estimate of drug-likeness (QED) is 0.490. The molecule has 0 aromatic heterocycles. The van der Waals surface area contributed by atoms with Crippen molar-refractivity contribution in [3.05, 3.63) is 69.7 Å². The molecular formula is C22H28Cl2O2. The number of hydrogen-bond acceptors (Lipinski definition) is 2. The molecule has 142 valence electrons. The molecule has 26 heavy (non-hydrogen) atoms. The van der Waals surface area contributed by atoms with E-state index in [0.29, 0.717) is 11.8 Å². The minimum absolute atomic E-state index is 0.190. The monoisotopic (exact) mass is 394 g/mol. The maximum atomic E-state index is 9.60. The van der Waals surface area contributed by atoms with Gasteiger partial charge in [-0.3, -0.25) is 0 Å². The SMILES string of the molecule is OCCCC[C@@H](Cc1ccc(Cl)cc1)[C@@H](CCO)Cc1ccc(Cl)cc1. The van der Waals surface area contributed by atoms with Gasteiger partial charge in [0, 0.05) is 23.3 Å². The van der Waals surface area contributed by atoms with Gasteiger partial charge in [0.25, 0.3) is 0 Å². The average Bonchev–Trinajstić information content (AvgIpc) is 2.64. The molecule has 0 unspecified atom stereocenters. The van der Waals surface area contributed by atoms with E-state index >= 15 is 0 Å². The lowest BCUT2D eigenvalue weighted by Gasteiger charge is -2.27. The molecule has 0 aliphatic carbocycles. The van der Waals surface area contributed by atoms with E-state index in [1.54, 1.807) is 0 Å². The van der Waals surface area contributed by atoms with Crippen molar-refractivity contribution >= 4 is 23.2 Å². The predicted molar refractivity (Wildman–Crippen MR) is 110 cm³/mol. The molecule has 0 spiro atoms. The highest BCUT2D eigenvalue weighted by Gasteiger charge is 2.22. The fourth-order valence-corrected chi connectivity index (χ4v) is 3.79. The van der Waals surface area contributed by atoms with Crippen molar-refractivity contribution in [2.75, 3.05) is 13.2 Å². The highest BCUT2D eigenvalue weighted by molar-refractivity contribution is 6.30. The smallest absolute Gasteiger partial charge is 0.0433 e. The highest BCUT2D eigenvalue weighted by Crippen LogP contribution is 2.30. The molecule has 0 heterocycles. The van der Waals surface area contributed by atoms with E-state index in [2.05, 4.69) is 24.3 Å². The lowest BCUT2D eigenvalue weighted by molar-refractivity contribution is 0.203. The van der Waals surface area contributed by atoms with Crippen molar-refractivity contribution in [1.82, 2.24) is 0 Å². The Morgan fingerprint density at radius 1 is 0.615 bits per heavy atom. The van der Waals surface area contributed by atoms with Crippen LogP contribution in [0.3, 0.4) is 0 Å². The molecule has 0 amide bonds. The number of halogens is 2. The molecule has 0 aliphatic rings. The van der Waals surface area contributed by atoms with Crippen LogP contribution in [-0.2, 0) is 12.8 Å². The summed E-state index contributed by atoms with van der Waals surface area (Å²) >= 11 is 12.0. The highest BCUT2D eigenvalue weighted by atomic mass is 35.5. The Morgan fingerprint density at radius 2 is 1.08 bits per heavy atom. The average molecular weight is 395 g/mol. The molecule has 2 atom stereocenters. The molecule has 2 rings (SSSR count). The second-order valence-corrected chi connectivity index (χ2v) is 7.79. The molecule has 2 aromatic rings. The zero-order valence-electron chi connectivity index (χ0n) is 15.1. The summed E-state index contributed by atoms with van der Waals surface area (Å²) < 4.78 is 0. The molecule has 0 saturated heterocycles. The van der Waals surface area contributed by atoms with Gasteiger partial charge in [-0.25, -0.2) is 0 Å². The minimum Gasteiger partial charge on any atom is -0.396 e. The molecule has 0 fully saturated rings. The molecule has 2 aromatic carbocycles. The molecular weight excluding hydrogens is 367 g/mol. The molecule has 2 nitrogen and oxygen atoms in total. The van der Waals surface area contributed by atoms with Crippen molar-refractivity contribution in [2.45, 2.75) is 38.5 Å². The Kier molecular flexibility index (Phi) is 9.49. The van der Waals surface area contributed by atoms with Crippen LogP contribution in [0.4, 0.5) is 0 Å². The maximum Gasteiger partial charge on any atom is 0.0433 e. The summed E-state index contributed by atoms with van der Waals surface area (Å²) in [5.74, 6) is 0.834. The van der Waals surface area contributed by atoms with E-state index in [0.717, 1.165) is 48.6 Å². The molecule has 0 bridgehead atoms. The summed E-state index contributed by atoms with van der Waals surface area (Å²) in [5.41, 5.74) is 2.51.